The van der Waals surface area contributed by atoms with Crippen molar-refractivity contribution in [2.75, 3.05) is 18.5 Å². The Morgan fingerprint density at radius 2 is 2.22 bits per heavy atom. The summed E-state index contributed by atoms with van der Waals surface area (Å²) in [6.45, 7) is 5.85. The van der Waals surface area contributed by atoms with E-state index in [0.717, 1.165) is 49.2 Å². The minimum atomic E-state index is 0.725. The number of nitrogens with zero attached hydrogens (tertiary/aromatic N) is 2. The predicted molar refractivity (Wildman–Crippen MR) is 73.0 cm³/mol. The van der Waals surface area contributed by atoms with E-state index in [1.165, 1.54) is 19.3 Å². The van der Waals surface area contributed by atoms with E-state index in [0.29, 0.717) is 0 Å². The minimum absolute atomic E-state index is 0.725. The van der Waals surface area contributed by atoms with Gasteiger partial charge in [0.25, 0.3) is 0 Å². The highest BCUT2D eigenvalue weighted by Crippen LogP contribution is 2.29. The molecule has 0 bridgehead atoms. The molecule has 0 saturated heterocycles. The summed E-state index contributed by atoms with van der Waals surface area (Å²) in [7, 11) is 0. The molecule has 4 nitrogen and oxygen atoms in total. The van der Waals surface area contributed by atoms with Crippen molar-refractivity contribution in [3.63, 3.8) is 0 Å². The molecule has 0 unspecified atom stereocenters. The van der Waals surface area contributed by atoms with Gasteiger partial charge in [-0.1, -0.05) is 26.2 Å². The number of anilines is 1. The Morgan fingerprint density at radius 1 is 1.39 bits per heavy atom. The fraction of sp³-hybridized carbons (Fsp3) is 0.714. The monoisotopic (exact) mass is 249 g/mol. The Hall–Kier alpha value is -1.32. The number of hydrogen-bond acceptors (Lipinski definition) is 4. The van der Waals surface area contributed by atoms with Crippen LogP contribution in [0.4, 0.5) is 5.82 Å². The largest absolute Gasteiger partial charge is 0.477 e. The lowest BCUT2D eigenvalue weighted by molar-refractivity contribution is 0.216. The maximum absolute atomic E-state index is 5.77. The Bertz CT molecular complexity index is 377. The summed E-state index contributed by atoms with van der Waals surface area (Å²) in [5.41, 5.74) is 1.01. The van der Waals surface area contributed by atoms with Crippen LogP contribution in [0, 0.1) is 12.8 Å². The molecule has 1 fully saturated rings. The topological polar surface area (TPSA) is 47.0 Å². The number of rotatable bonds is 7. The molecule has 4 heteroatoms. The standard InChI is InChI=1S/C14H23N3O/c1-3-8-15-13-11(2)14(17-10-16-13)18-9-7-12-5-4-6-12/h10,12H,3-9H2,1-2H3,(H,15,16,17). The average molecular weight is 249 g/mol. The van der Waals surface area contributed by atoms with E-state index in [1.807, 2.05) is 6.92 Å². The van der Waals surface area contributed by atoms with E-state index in [1.54, 1.807) is 6.33 Å². The van der Waals surface area contributed by atoms with E-state index in [9.17, 15) is 0 Å². The number of aromatic nitrogens is 2. The Balaban J connectivity index is 1.86. The van der Waals surface area contributed by atoms with E-state index < -0.39 is 0 Å². The SMILES string of the molecule is CCCNc1ncnc(OCCC2CCC2)c1C. The highest BCUT2D eigenvalue weighted by atomic mass is 16.5. The van der Waals surface area contributed by atoms with Crippen LogP contribution in [0.3, 0.4) is 0 Å². The highest BCUT2D eigenvalue weighted by Gasteiger charge is 2.17. The van der Waals surface area contributed by atoms with E-state index in [-0.39, 0.29) is 0 Å². The fourth-order valence-corrected chi connectivity index (χ4v) is 2.10. The zero-order valence-corrected chi connectivity index (χ0v) is 11.4. The van der Waals surface area contributed by atoms with Crippen LogP contribution < -0.4 is 10.1 Å². The van der Waals surface area contributed by atoms with Crippen molar-refractivity contribution in [3.8, 4) is 5.88 Å². The van der Waals surface area contributed by atoms with Crippen molar-refractivity contribution in [1.82, 2.24) is 9.97 Å². The molecular weight excluding hydrogens is 226 g/mol. The van der Waals surface area contributed by atoms with Gasteiger partial charge in [-0.3, -0.25) is 0 Å². The minimum Gasteiger partial charge on any atom is -0.477 e. The Morgan fingerprint density at radius 3 is 2.89 bits per heavy atom. The van der Waals surface area contributed by atoms with Crippen molar-refractivity contribution >= 4 is 5.82 Å². The molecule has 0 radical (unpaired) electrons. The molecule has 1 aromatic rings. The zero-order chi connectivity index (χ0) is 12.8. The second-order valence-electron chi connectivity index (χ2n) is 5.01. The highest BCUT2D eigenvalue weighted by molar-refractivity contribution is 5.47. The van der Waals surface area contributed by atoms with Crippen LogP contribution in [0.5, 0.6) is 5.88 Å². The van der Waals surface area contributed by atoms with Gasteiger partial charge >= 0.3 is 0 Å². The number of hydrogen-bond donors (Lipinski definition) is 1. The summed E-state index contributed by atoms with van der Waals surface area (Å²) in [4.78, 5) is 8.46. The first kappa shape index (κ1) is 13.1. The van der Waals surface area contributed by atoms with Crippen molar-refractivity contribution in [1.29, 1.82) is 0 Å². The molecule has 100 valence electrons. The first-order valence-corrected chi connectivity index (χ1v) is 6.99. The van der Waals surface area contributed by atoms with Crippen molar-refractivity contribution in [3.05, 3.63) is 11.9 Å². The van der Waals surface area contributed by atoms with Gasteiger partial charge in [0.2, 0.25) is 5.88 Å². The van der Waals surface area contributed by atoms with Crippen LogP contribution in [0.25, 0.3) is 0 Å². The third-order valence-corrected chi connectivity index (χ3v) is 3.57. The van der Waals surface area contributed by atoms with Crippen LogP contribution >= 0.6 is 0 Å². The summed E-state index contributed by atoms with van der Waals surface area (Å²) in [6.07, 6.45) is 7.94. The lowest BCUT2D eigenvalue weighted by atomic mass is 9.83. The molecule has 1 heterocycles. The molecule has 1 N–H and O–H groups in total. The van der Waals surface area contributed by atoms with Gasteiger partial charge in [-0.15, -0.1) is 0 Å². The molecule has 0 aromatic carbocycles. The predicted octanol–water partition coefficient (Wildman–Crippen LogP) is 3.18. The summed E-state index contributed by atoms with van der Waals surface area (Å²) < 4.78 is 5.77. The maximum atomic E-state index is 5.77. The van der Waals surface area contributed by atoms with Crippen LogP contribution in [0.15, 0.2) is 6.33 Å². The van der Waals surface area contributed by atoms with Gasteiger partial charge < -0.3 is 10.1 Å². The van der Waals surface area contributed by atoms with Crippen LogP contribution in [0.2, 0.25) is 0 Å². The van der Waals surface area contributed by atoms with Crippen molar-refractivity contribution in [2.24, 2.45) is 5.92 Å². The molecular formula is C14H23N3O. The normalized spacial score (nSPS) is 15.2. The summed E-state index contributed by atoms with van der Waals surface area (Å²) >= 11 is 0. The van der Waals surface area contributed by atoms with Crippen LogP contribution in [-0.4, -0.2) is 23.1 Å². The average Bonchev–Trinajstić information content (AvgIpc) is 2.32. The van der Waals surface area contributed by atoms with Crippen molar-refractivity contribution < 1.29 is 4.74 Å². The third kappa shape index (κ3) is 3.34. The first-order valence-electron chi connectivity index (χ1n) is 6.99. The molecule has 1 aromatic heterocycles. The lowest BCUT2D eigenvalue weighted by Crippen LogP contribution is -2.15. The molecule has 1 aliphatic carbocycles. The smallest absolute Gasteiger partial charge is 0.221 e. The van der Waals surface area contributed by atoms with Gasteiger partial charge in [0.1, 0.15) is 12.1 Å². The number of nitrogens with one attached hydrogen (secondary N) is 1. The molecule has 18 heavy (non-hydrogen) atoms. The third-order valence-electron chi connectivity index (χ3n) is 3.57. The summed E-state index contributed by atoms with van der Waals surface area (Å²) in [5, 5.41) is 3.29. The second-order valence-corrected chi connectivity index (χ2v) is 5.01. The summed E-state index contributed by atoms with van der Waals surface area (Å²) in [6, 6.07) is 0. The van der Waals surface area contributed by atoms with Gasteiger partial charge in [0, 0.05) is 6.54 Å². The Kier molecular flexibility index (Phi) is 4.79. The van der Waals surface area contributed by atoms with E-state index in [2.05, 4.69) is 22.2 Å². The van der Waals surface area contributed by atoms with Crippen LogP contribution in [-0.2, 0) is 0 Å². The quantitative estimate of drug-likeness (QED) is 0.806. The molecule has 1 saturated carbocycles. The molecule has 0 atom stereocenters. The molecule has 0 aliphatic heterocycles. The molecule has 0 amide bonds. The van der Waals surface area contributed by atoms with E-state index >= 15 is 0 Å². The second kappa shape index (κ2) is 6.57. The zero-order valence-electron chi connectivity index (χ0n) is 11.4. The fourth-order valence-electron chi connectivity index (χ4n) is 2.10. The molecule has 2 rings (SSSR count). The van der Waals surface area contributed by atoms with Gasteiger partial charge in [-0.05, 0) is 25.7 Å². The van der Waals surface area contributed by atoms with Gasteiger partial charge in [0.05, 0.1) is 12.2 Å². The van der Waals surface area contributed by atoms with Crippen LogP contribution in [0.1, 0.15) is 44.6 Å². The first-order chi connectivity index (χ1) is 8.81. The molecule has 0 spiro atoms. The Labute approximate surface area is 109 Å². The molecule has 1 aliphatic rings. The number of ether oxygens (including phenoxy) is 1. The summed E-state index contributed by atoms with van der Waals surface area (Å²) in [5.74, 6) is 2.50. The maximum Gasteiger partial charge on any atom is 0.221 e. The van der Waals surface area contributed by atoms with Gasteiger partial charge in [-0.2, -0.15) is 0 Å². The van der Waals surface area contributed by atoms with E-state index in [4.69, 9.17) is 4.74 Å². The van der Waals surface area contributed by atoms with Gasteiger partial charge in [-0.25, -0.2) is 9.97 Å². The van der Waals surface area contributed by atoms with Gasteiger partial charge in [0.15, 0.2) is 0 Å². The van der Waals surface area contributed by atoms with Crippen molar-refractivity contribution in [2.45, 2.75) is 46.0 Å². The lowest BCUT2D eigenvalue weighted by Gasteiger charge is -2.25.